The molecule has 0 fully saturated rings. The van der Waals surface area contributed by atoms with Crippen LogP contribution < -0.4 is 10.1 Å². The minimum Gasteiger partial charge on any atom is -0.435 e. The first-order chi connectivity index (χ1) is 10.3. The number of unbranched alkanes of at least 4 members (excludes halogenated alkanes) is 1. The van der Waals surface area contributed by atoms with E-state index in [0.717, 1.165) is 19.3 Å². The van der Waals surface area contributed by atoms with Crippen molar-refractivity contribution < 1.29 is 18.3 Å². The van der Waals surface area contributed by atoms with Crippen molar-refractivity contribution in [3.63, 3.8) is 0 Å². The summed E-state index contributed by atoms with van der Waals surface area (Å²) in [6.07, 6.45) is 3.30. The van der Waals surface area contributed by atoms with Crippen molar-refractivity contribution in [3.05, 3.63) is 29.8 Å². The molecule has 0 bridgehead atoms. The van der Waals surface area contributed by atoms with E-state index < -0.39 is 6.61 Å². The Labute approximate surface area is 131 Å². The summed E-state index contributed by atoms with van der Waals surface area (Å²) in [5.41, 5.74) is 0.972. The van der Waals surface area contributed by atoms with E-state index in [1.165, 1.54) is 12.1 Å². The van der Waals surface area contributed by atoms with Crippen molar-refractivity contribution in [1.82, 2.24) is 5.32 Å². The molecule has 124 valence electrons. The number of alkyl halides is 2. The fraction of sp³-hybridized carbons (Fsp3) is 0.588. The van der Waals surface area contributed by atoms with Gasteiger partial charge < -0.3 is 10.1 Å². The molecular weight excluding hydrogens is 288 g/mol. The molecule has 1 aromatic rings. The van der Waals surface area contributed by atoms with Gasteiger partial charge in [-0.3, -0.25) is 4.79 Å². The van der Waals surface area contributed by atoms with Crippen LogP contribution in [0.15, 0.2) is 24.3 Å². The molecule has 0 heterocycles. The Morgan fingerprint density at radius 2 is 2.00 bits per heavy atom. The third-order valence-corrected chi connectivity index (χ3v) is 3.16. The van der Waals surface area contributed by atoms with Crippen LogP contribution in [0.3, 0.4) is 0 Å². The number of amides is 1. The molecule has 0 aromatic heterocycles. The lowest BCUT2D eigenvalue weighted by molar-refractivity contribution is -0.120. The van der Waals surface area contributed by atoms with Gasteiger partial charge in [-0.15, -0.1) is 0 Å². The van der Waals surface area contributed by atoms with E-state index >= 15 is 0 Å². The van der Waals surface area contributed by atoms with E-state index in [0.29, 0.717) is 17.5 Å². The van der Waals surface area contributed by atoms with E-state index in [-0.39, 0.29) is 18.1 Å². The van der Waals surface area contributed by atoms with Gasteiger partial charge in [0.05, 0.1) is 6.42 Å². The standard InChI is InChI=1S/C17H25F2NO2/c1-17(2,3)9-4-5-10-20-15(21)12-13-7-6-8-14(11-13)22-16(18)19/h6-8,11,16H,4-5,9-10,12H2,1-3H3,(H,20,21). The summed E-state index contributed by atoms with van der Waals surface area (Å²) >= 11 is 0. The number of rotatable bonds is 8. The predicted octanol–water partition coefficient (Wildman–Crippen LogP) is 4.16. The molecule has 0 aliphatic heterocycles. The Morgan fingerprint density at radius 1 is 1.27 bits per heavy atom. The zero-order chi connectivity index (χ0) is 16.6. The van der Waals surface area contributed by atoms with Gasteiger partial charge in [0.15, 0.2) is 0 Å². The Morgan fingerprint density at radius 3 is 2.64 bits per heavy atom. The lowest BCUT2D eigenvalue weighted by atomic mass is 9.90. The number of ether oxygens (including phenoxy) is 1. The molecular formula is C17H25F2NO2. The Balaban J connectivity index is 2.30. The van der Waals surface area contributed by atoms with Crippen LogP contribution in [0.4, 0.5) is 8.78 Å². The van der Waals surface area contributed by atoms with Crippen molar-refractivity contribution >= 4 is 5.91 Å². The van der Waals surface area contributed by atoms with Crippen LogP contribution in [-0.4, -0.2) is 19.1 Å². The van der Waals surface area contributed by atoms with Gasteiger partial charge in [0.2, 0.25) is 5.91 Å². The van der Waals surface area contributed by atoms with Crippen LogP contribution in [0.5, 0.6) is 5.75 Å². The monoisotopic (exact) mass is 313 g/mol. The molecule has 0 aliphatic rings. The van der Waals surface area contributed by atoms with Gasteiger partial charge in [-0.2, -0.15) is 8.78 Å². The van der Waals surface area contributed by atoms with Crippen molar-refractivity contribution in [2.24, 2.45) is 5.41 Å². The first-order valence-corrected chi connectivity index (χ1v) is 7.57. The molecule has 1 N–H and O–H groups in total. The molecule has 0 atom stereocenters. The molecule has 3 nitrogen and oxygen atoms in total. The first kappa shape index (κ1) is 18.4. The maximum absolute atomic E-state index is 12.1. The Hall–Kier alpha value is -1.65. The SMILES string of the molecule is CC(C)(C)CCCCNC(=O)Cc1cccc(OC(F)F)c1. The molecule has 0 spiro atoms. The normalized spacial score (nSPS) is 11.5. The van der Waals surface area contributed by atoms with E-state index in [1.54, 1.807) is 12.1 Å². The number of benzene rings is 1. The molecule has 22 heavy (non-hydrogen) atoms. The second kappa shape index (κ2) is 8.71. The quantitative estimate of drug-likeness (QED) is 0.732. The van der Waals surface area contributed by atoms with Crippen molar-refractivity contribution in [3.8, 4) is 5.75 Å². The van der Waals surface area contributed by atoms with E-state index in [1.807, 2.05) is 0 Å². The Bertz CT molecular complexity index is 470. The molecule has 0 unspecified atom stereocenters. The topological polar surface area (TPSA) is 38.3 Å². The fourth-order valence-electron chi connectivity index (χ4n) is 2.09. The lowest BCUT2D eigenvalue weighted by Gasteiger charge is -2.17. The number of carbonyl (C=O) groups is 1. The maximum atomic E-state index is 12.1. The predicted molar refractivity (Wildman–Crippen MR) is 83.1 cm³/mol. The summed E-state index contributed by atoms with van der Waals surface area (Å²) in [6, 6.07) is 6.23. The van der Waals surface area contributed by atoms with Crippen LogP contribution in [0.1, 0.15) is 45.6 Å². The number of hydrogen-bond acceptors (Lipinski definition) is 2. The average molecular weight is 313 g/mol. The summed E-state index contributed by atoms with van der Waals surface area (Å²) in [5, 5.41) is 2.85. The molecule has 0 radical (unpaired) electrons. The van der Waals surface area contributed by atoms with Crippen LogP contribution in [0.25, 0.3) is 0 Å². The van der Waals surface area contributed by atoms with Gasteiger partial charge in [0, 0.05) is 6.54 Å². The Kier molecular flexibility index (Phi) is 7.28. The fourth-order valence-corrected chi connectivity index (χ4v) is 2.09. The second-order valence-electron chi connectivity index (χ2n) is 6.57. The maximum Gasteiger partial charge on any atom is 0.387 e. The molecule has 0 saturated carbocycles. The van der Waals surface area contributed by atoms with Crippen molar-refractivity contribution in [2.45, 2.75) is 53.1 Å². The van der Waals surface area contributed by atoms with Crippen molar-refractivity contribution in [1.29, 1.82) is 0 Å². The van der Waals surface area contributed by atoms with Gasteiger partial charge >= 0.3 is 6.61 Å². The highest BCUT2D eigenvalue weighted by Gasteiger charge is 2.10. The smallest absolute Gasteiger partial charge is 0.387 e. The van der Waals surface area contributed by atoms with Crippen LogP contribution in [-0.2, 0) is 11.2 Å². The zero-order valence-corrected chi connectivity index (χ0v) is 13.5. The zero-order valence-electron chi connectivity index (χ0n) is 13.5. The highest BCUT2D eigenvalue weighted by atomic mass is 19.3. The molecule has 0 saturated heterocycles. The van der Waals surface area contributed by atoms with Gasteiger partial charge in [-0.25, -0.2) is 0 Å². The summed E-state index contributed by atoms with van der Waals surface area (Å²) in [6.45, 7) is 4.37. The van der Waals surface area contributed by atoms with Gasteiger partial charge in [0.1, 0.15) is 5.75 Å². The number of nitrogens with one attached hydrogen (secondary N) is 1. The van der Waals surface area contributed by atoms with E-state index in [9.17, 15) is 13.6 Å². The minimum atomic E-state index is -2.85. The number of halogens is 2. The largest absolute Gasteiger partial charge is 0.435 e. The number of hydrogen-bond donors (Lipinski definition) is 1. The molecule has 1 aromatic carbocycles. The minimum absolute atomic E-state index is 0.0745. The van der Waals surface area contributed by atoms with Crippen LogP contribution in [0.2, 0.25) is 0 Å². The first-order valence-electron chi connectivity index (χ1n) is 7.57. The van der Waals surface area contributed by atoms with Gasteiger partial charge in [-0.1, -0.05) is 39.3 Å². The number of carbonyl (C=O) groups excluding carboxylic acids is 1. The van der Waals surface area contributed by atoms with E-state index in [4.69, 9.17) is 0 Å². The summed E-state index contributed by atoms with van der Waals surface area (Å²) in [7, 11) is 0. The molecule has 0 aliphatic carbocycles. The van der Waals surface area contributed by atoms with Gasteiger partial charge in [0.25, 0.3) is 0 Å². The third kappa shape index (κ3) is 8.60. The van der Waals surface area contributed by atoms with Gasteiger partial charge in [-0.05, 0) is 36.0 Å². The van der Waals surface area contributed by atoms with Crippen LogP contribution in [0, 0.1) is 5.41 Å². The highest BCUT2D eigenvalue weighted by Crippen LogP contribution is 2.21. The molecule has 1 rings (SSSR count). The summed E-state index contributed by atoms with van der Waals surface area (Å²) in [4.78, 5) is 11.8. The average Bonchev–Trinajstić information content (AvgIpc) is 2.36. The summed E-state index contributed by atoms with van der Waals surface area (Å²) in [5.74, 6) is -0.0320. The second-order valence-corrected chi connectivity index (χ2v) is 6.57. The van der Waals surface area contributed by atoms with E-state index in [2.05, 4.69) is 30.8 Å². The molecule has 5 heteroatoms. The van der Waals surface area contributed by atoms with Crippen LogP contribution >= 0.6 is 0 Å². The molecule has 1 amide bonds. The van der Waals surface area contributed by atoms with Crippen molar-refractivity contribution in [2.75, 3.05) is 6.54 Å². The third-order valence-electron chi connectivity index (χ3n) is 3.16. The highest BCUT2D eigenvalue weighted by molar-refractivity contribution is 5.78. The summed E-state index contributed by atoms with van der Waals surface area (Å²) < 4.78 is 28.6. The lowest BCUT2D eigenvalue weighted by Crippen LogP contribution is -2.26.